The lowest BCUT2D eigenvalue weighted by Gasteiger charge is -2.37. The molecule has 1 unspecified atom stereocenters. The monoisotopic (exact) mass is 300 g/mol. The van der Waals surface area contributed by atoms with E-state index in [9.17, 15) is 8.78 Å². The molecule has 21 heavy (non-hydrogen) atoms. The third-order valence-corrected chi connectivity index (χ3v) is 3.98. The molecule has 4 nitrogen and oxygen atoms in total. The number of hydrogen-bond acceptors (Lipinski definition) is 4. The normalized spacial score (nSPS) is 18.2. The number of nitrogens with zero attached hydrogens (tertiary/aromatic N) is 1. The van der Waals surface area contributed by atoms with E-state index in [1.807, 2.05) is 13.1 Å². The van der Waals surface area contributed by atoms with Crippen LogP contribution in [0.4, 0.5) is 8.78 Å². The average molecular weight is 300 g/mol. The third kappa shape index (κ3) is 4.12. The SMILES string of the molecule is CN(C1CCOCC1)C(CN)c1ccccc1OC(F)F. The molecule has 0 aliphatic carbocycles. The number of halogens is 2. The zero-order valence-electron chi connectivity index (χ0n) is 12.2. The molecule has 1 heterocycles. The lowest BCUT2D eigenvalue weighted by Crippen LogP contribution is -2.41. The van der Waals surface area contributed by atoms with Crippen molar-refractivity contribution >= 4 is 0 Å². The van der Waals surface area contributed by atoms with E-state index in [4.69, 9.17) is 10.5 Å². The van der Waals surface area contributed by atoms with Gasteiger partial charge in [-0.15, -0.1) is 0 Å². The van der Waals surface area contributed by atoms with E-state index in [0.717, 1.165) is 26.1 Å². The lowest BCUT2D eigenvalue weighted by molar-refractivity contribution is -0.0514. The summed E-state index contributed by atoms with van der Waals surface area (Å²) in [6.45, 7) is -1.04. The van der Waals surface area contributed by atoms with Crippen LogP contribution in [0.25, 0.3) is 0 Å². The standard InChI is InChI=1S/C15H22F2N2O2/c1-19(11-6-8-20-9-7-11)13(10-18)12-4-2-3-5-14(12)21-15(16)17/h2-5,11,13,15H,6-10,18H2,1H3. The number of ether oxygens (including phenoxy) is 2. The number of rotatable bonds is 6. The highest BCUT2D eigenvalue weighted by Gasteiger charge is 2.27. The smallest absolute Gasteiger partial charge is 0.387 e. The number of hydrogen-bond donors (Lipinski definition) is 1. The van der Waals surface area contributed by atoms with Crippen molar-refractivity contribution in [3.63, 3.8) is 0 Å². The van der Waals surface area contributed by atoms with Gasteiger partial charge < -0.3 is 15.2 Å². The Bertz CT molecular complexity index is 439. The fraction of sp³-hybridized carbons (Fsp3) is 0.600. The maximum absolute atomic E-state index is 12.5. The van der Waals surface area contributed by atoms with Crippen molar-refractivity contribution in [2.75, 3.05) is 26.8 Å². The largest absolute Gasteiger partial charge is 0.434 e. The van der Waals surface area contributed by atoms with Crippen molar-refractivity contribution in [2.45, 2.75) is 31.5 Å². The van der Waals surface area contributed by atoms with Crippen molar-refractivity contribution in [1.29, 1.82) is 0 Å². The summed E-state index contributed by atoms with van der Waals surface area (Å²) in [7, 11) is 1.98. The molecular formula is C15H22F2N2O2. The second kappa shape index (κ2) is 7.68. The molecule has 1 aromatic rings. The molecule has 1 aliphatic heterocycles. The van der Waals surface area contributed by atoms with E-state index in [0.29, 0.717) is 18.2 Å². The second-order valence-corrected chi connectivity index (χ2v) is 5.18. The van der Waals surface area contributed by atoms with E-state index in [-0.39, 0.29) is 11.8 Å². The molecule has 1 fully saturated rings. The number of nitrogens with two attached hydrogens (primary N) is 1. The van der Waals surface area contributed by atoms with Crippen LogP contribution < -0.4 is 10.5 Å². The summed E-state index contributed by atoms with van der Waals surface area (Å²) in [5.41, 5.74) is 6.60. The van der Waals surface area contributed by atoms with Crippen molar-refractivity contribution in [3.8, 4) is 5.75 Å². The van der Waals surface area contributed by atoms with Gasteiger partial charge in [-0.05, 0) is 26.0 Å². The quantitative estimate of drug-likeness (QED) is 0.876. The van der Waals surface area contributed by atoms with Gasteiger partial charge in [0, 0.05) is 31.4 Å². The predicted molar refractivity (Wildman–Crippen MR) is 76.5 cm³/mol. The van der Waals surface area contributed by atoms with Gasteiger partial charge in [-0.25, -0.2) is 0 Å². The molecule has 0 aromatic heterocycles. The van der Waals surface area contributed by atoms with Gasteiger partial charge in [0.2, 0.25) is 0 Å². The maximum atomic E-state index is 12.5. The molecule has 2 N–H and O–H groups in total. The van der Waals surface area contributed by atoms with E-state index < -0.39 is 6.61 Å². The number of likely N-dealkylation sites (N-methyl/N-ethyl adjacent to an activating group) is 1. The van der Waals surface area contributed by atoms with Crippen LogP contribution >= 0.6 is 0 Å². The average Bonchev–Trinajstić information content (AvgIpc) is 2.50. The summed E-state index contributed by atoms with van der Waals surface area (Å²) in [6, 6.07) is 7.04. The van der Waals surface area contributed by atoms with Gasteiger partial charge in [-0.2, -0.15) is 8.78 Å². The predicted octanol–water partition coefficient (Wildman–Crippen LogP) is 2.40. The van der Waals surface area contributed by atoms with Crippen molar-refractivity contribution in [3.05, 3.63) is 29.8 Å². The molecule has 1 aliphatic rings. The Balaban J connectivity index is 2.19. The van der Waals surface area contributed by atoms with Gasteiger partial charge in [-0.1, -0.05) is 18.2 Å². The fourth-order valence-electron chi connectivity index (χ4n) is 2.82. The van der Waals surface area contributed by atoms with Gasteiger partial charge in [0.05, 0.1) is 6.04 Å². The zero-order valence-corrected chi connectivity index (χ0v) is 12.2. The molecule has 1 saturated heterocycles. The minimum Gasteiger partial charge on any atom is -0.434 e. The molecule has 0 saturated carbocycles. The maximum Gasteiger partial charge on any atom is 0.387 e. The first-order valence-corrected chi connectivity index (χ1v) is 7.17. The fourth-order valence-corrected chi connectivity index (χ4v) is 2.82. The Hall–Kier alpha value is -1.24. The van der Waals surface area contributed by atoms with E-state index in [1.54, 1.807) is 18.2 Å². The third-order valence-electron chi connectivity index (χ3n) is 3.98. The van der Waals surface area contributed by atoms with Crippen LogP contribution in [0.5, 0.6) is 5.75 Å². The molecule has 6 heteroatoms. The Morgan fingerprint density at radius 3 is 2.62 bits per heavy atom. The highest BCUT2D eigenvalue weighted by molar-refractivity contribution is 5.36. The second-order valence-electron chi connectivity index (χ2n) is 5.18. The van der Waals surface area contributed by atoms with E-state index in [1.165, 1.54) is 0 Å². The Morgan fingerprint density at radius 2 is 2.00 bits per heavy atom. The number of para-hydroxylation sites is 1. The zero-order chi connectivity index (χ0) is 15.2. The number of benzene rings is 1. The highest BCUT2D eigenvalue weighted by Crippen LogP contribution is 2.31. The van der Waals surface area contributed by atoms with Crippen LogP contribution in [-0.4, -0.2) is 44.4 Å². The minimum atomic E-state index is -2.84. The van der Waals surface area contributed by atoms with Gasteiger partial charge >= 0.3 is 6.61 Å². The van der Waals surface area contributed by atoms with Crippen LogP contribution in [0.15, 0.2) is 24.3 Å². The molecule has 0 amide bonds. The highest BCUT2D eigenvalue weighted by atomic mass is 19.3. The summed E-state index contributed by atoms with van der Waals surface area (Å²) in [5, 5.41) is 0. The summed E-state index contributed by atoms with van der Waals surface area (Å²) in [4.78, 5) is 2.15. The van der Waals surface area contributed by atoms with Crippen molar-refractivity contribution in [1.82, 2.24) is 4.90 Å². The van der Waals surface area contributed by atoms with Gasteiger partial charge in [0.25, 0.3) is 0 Å². The van der Waals surface area contributed by atoms with E-state index >= 15 is 0 Å². The van der Waals surface area contributed by atoms with Crippen molar-refractivity contribution in [2.24, 2.45) is 5.73 Å². The summed E-state index contributed by atoms with van der Waals surface area (Å²) >= 11 is 0. The van der Waals surface area contributed by atoms with Gasteiger partial charge in [0.1, 0.15) is 5.75 Å². The van der Waals surface area contributed by atoms with Crippen LogP contribution in [0, 0.1) is 0 Å². The first-order valence-electron chi connectivity index (χ1n) is 7.17. The molecule has 118 valence electrons. The molecule has 0 spiro atoms. The first-order chi connectivity index (χ1) is 10.1. The van der Waals surface area contributed by atoms with Crippen LogP contribution in [0.3, 0.4) is 0 Å². The topological polar surface area (TPSA) is 47.7 Å². The Morgan fingerprint density at radius 1 is 1.33 bits per heavy atom. The molecule has 1 atom stereocenters. The number of alkyl halides is 2. The molecule has 0 bridgehead atoms. The van der Waals surface area contributed by atoms with E-state index in [2.05, 4.69) is 9.64 Å². The summed E-state index contributed by atoms with van der Waals surface area (Å²) in [6.07, 6.45) is 1.84. The van der Waals surface area contributed by atoms with Crippen molar-refractivity contribution < 1.29 is 18.3 Å². The van der Waals surface area contributed by atoms with Crippen LogP contribution in [0.2, 0.25) is 0 Å². The minimum absolute atomic E-state index is 0.150. The molecule has 0 radical (unpaired) electrons. The first kappa shape index (κ1) is 16.1. The summed E-state index contributed by atoms with van der Waals surface area (Å²) < 4.78 is 35.1. The Kier molecular flexibility index (Phi) is 5.90. The molecular weight excluding hydrogens is 278 g/mol. The van der Waals surface area contributed by atoms with Gasteiger partial charge in [-0.3, -0.25) is 4.90 Å². The van der Waals surface area contributed by atoms with Crippen LogP contribution in [0.1, 0.15) is 24.4 Å². The molecule has 2 rings (SSSR count). The van der Waals surface area contributed by atoms with Gasteiger partial charge in [0.15, 0.2) is 0 Å². The molecule has 1 aromatic carbocycles. The Labute approximate surface area is 123 Å². The van der Waals surface area contributed by atoms with Crippen LogP contribution in [-0.2, 0) is 4.74 Å². The summed E-state index contributed by atoms with van der Waals surface area (Å²) in [5.74, 6) is 0.196. The lowest BCUT2D eigenvalue weighted by atomic mass is 9.99.